The van der Waals surface area contributed by atoms with Crippen LogP contribution in [0.4, 0.5) is 4.79 Å². The quantitative estimate of drug-likeness (QED) is 0.544. The Labute approximate surface area is 174 Å². The molecule has 0 spiro atoms. The van der Waals surface area contributed by atoms with Crippen molar-refractivity contribution in [1.82, 2.24) is 10.6 Å². The van der Waals surface area contributed by atoms with Crippen LogP contribution in [-0.4, -0.2) is 55.5 Å². The Kier molecular flexibility index (Phi) is 7.03. The minimum atomic E-state index is -1.12. The molecule has 1 aliphatic carbocycles. The molecule has 2 amide bonds. The molecule has 2 aromatic rings. The Bertz CT molecular complexity index is 884. The van der Waals surface area contributed by atoms with Gasteiger partial charge in [0.1, 0.15) is 19.3 Å². The van der Waals surface area contributed by atoms with Crippen molar-refractivity contribution >= 4 is 18.0 Å². The minimum absolute atomic E-state index is 0.0145. The SMILES string of the molecule is C[C@H](NC(=O)COCCNC(=O)OCC1c2ccccc2-c2ccccc21)C(=O)O. The van der Waals surface area contributed by atoms with Crippen LogP contribution in [0.25, 0.3) is 11.1 Å². The summed E-state index contributed by atoms with van der Waals surface area (Å²) in [4.78, 5) is 34.2. The summed E-state index contributed by atoms with van der Waals surface area (Å²) in [5, 5.41) is 13.6. The van der Waals surface area contributed by atoms with Gasteiger partial charge in [0.25, 0.3) is 0 Å². The molecule has 0 heterocycles. The summed E-state index contributed by atoms with van der Waals surface area (Å²) in [5.41, 5.74) is 4.59. The highest BCUT2D eigenvalue weighted by Crippen LogP contribution is 2.44. The summed E-state index contributed by atoms with van der Waals surface area (Å²) in [6.45, 7) is 1.55. The second kappa shape index (κ2) is 9.89. The van der Waals surface area contributed by atoms with E-state index in [1.807, 2.05) is 36.4 Å². The van der Waals surface area contributed by atoms with Gasteiger partial charge in [0.2, 0.25) is 5.91 Å². The maximum atomic E-state index is 12.0. The number of carboxylic acid groups (broad SMARTS) is 1. The molecule has 0 fully saturated rings. The molecule has 0 aliphatic heterocycles. The number of hydrogen-bond donors (Lipinski definition) is 3. The topological polar surface area (TPSA) is 114 Å². The normalized spacial score (nSPS) is 13.1. The number of carbonyl (C=O) groups is 3. The van der Waals surface area contributed by atoms with E-state index in [1.165, 1.54) is 6.92 Å². The fourth-order valence-corrected chi connectivity index (χ4v) is 3.38. The number of benzene rings is 2. The zero-order valence-corrected chi connectivity index (χ0v) is 16.6. The molecule has 0 unspecified atom stereocenters. The lowest BCUT2D eigenvalue weighted by Crippen LogP contribution is -2.40. The van der Waals surface area contributed by atoms with E-state index in [0.29, 0.717) is 0 Å². The van der Waals surface area contributed by atoms with Crippen molar-refractivity contribution in [3.05, 3.63) is 59.7 Å². The van der Waals surface area contributed by atoms with E-state index in [0.717, 1.165) is 22.3 Å². The van der Waals surface area contributed by atoms with Crippen LogP contribution in [0.3, 0.4) is 0 Å². The van der Waals surface area contributed by atoms with E-state index in [4.69, 9.17) is 14.6 Å². The predicted molar refractivity (Wildman–Crippen MR) is 109 cm³/mol. The molecule has 0 radical (unpaired) electrons. The number of aliphatic carboxylic acids is 1. The molecule has 158 valence electrons. The van der Waals surface area contributed by atoms with Crippen LogP contribution in [-0.2, 0) is 19.1 Å². The van der Waals surface area contributed by atoms with Crippen LogP contribution in [0.5, 0.6) is 0 Å². The van der Waals surface area contributed by atoms with Crippen LogP contribution in [0.15, 0.2) is 48.5 Å². The highest BCUT2D eigenvalue weighted by molar-refractivity contribution is 5.83. The zero-order chi connectivity index (χ0) is 21.5. The first-order valence-corrected chi connectivity index (χ1v) is 9.66. The average Bonchev–Trinajstić information content (AvgIpc) is 3.05. The maximum absolute atomic E-state index is 12.0. The van der Waals surface area contributed by atoms with Crippen molar-refractivity contribution in [2.45, 2.75) is 18.9 Å². The van der Waals surface area contributed by atoms with Crippen molar-refractivity contribution < 1.29 is 29.0 Å². The summed E-state index contributed by atoms with van der Waals surface area (Å²) in [7, 11) is 0. The summed E-state index contributed by atoms with van der Waals surface area (Å²) >= 11 is 0. The zero-order valence-electron chi connectivity index (χ0n) is 16.6. The minimum Gasteiger partial charge on any atom is -0.480 e. The first kappa shape index (κ1) is 21.3. The largest absolute Gasteiger partial charge is 0.480 e. The van der Waals surface area contributed by atoms with Crippen LogP contribution in [0, 0.1) is 0 Å². The van der Waals surface area contributed by atoms with Gasteiger partial charge in [-0.15, -0.1) is 0 Å². The lowest BCUT2D eigenvalue weighted by atomic mass is 9.98. The number of fused-ring (bicyclic) bond motifs is 3. The molecule has 1 atom stereocenters. The molecular weight excluding hydrogens is 388 g/mol. The Morgan fingerprint density at radius 3 is 2.23 bits per heavy atom. The van der Waals surface area contributed by atoms with Gasteiger partial charge in [0.15, 0.2) is 0 Å². The fraction of sp³-hybridized carbons (Fsp3) is 0.318. The fourth-order valence-electron chi connectivity index (χ4n) is 3.38. The lowest BCUT2D eigenvalue weighted by molar-refractivity contribution is -0.142. The molecule has 0 bridgehead atoms. The third-order valence-electron chi connectivity index (χ3n) is 4.84. The molecule has 8 nitrogen and oxygen atoms in total. The van der Waals surface area contributed by atoms with E-state index in [1.54, 1.807) is 0 Å². The van der Waals surface area contributed by atoms with Crippen LogP contribution < -0.4 is 10.6 Å². The second-order valence-corrected chi connectivity index (χ2v) is 6.93. The van der Waals surface area contributed by atoms with Gasteiger partial charge in [-0.25, -0.2) is 4.79 Å². The van der Waals surface area contributed by atoms with E-state index < -0.39 is 24.0 Å². The van der Waals surface area contributed by atoms with Gasteiger partial charge in [-0.3, -0.25) is 9.59 Å². The predicted octanol–water partition coefficient (Wildman–Crippen LogP) is 2.13. The highest BCUT2D eigenvalue weighted by atomic mass is 16.5. The first-order chi connectivity index (χ1) is 14.5. The van der Waals surface area contributed by atoms with Crippen LogP contribution in [0.1, 0.15) is 24.0 Å². The molecule has 3 rings (SSSR count). The standard InChI is InChI=1S/C22H24N2O6/c1-14(21(26)27)24-20(25)13-29-11-10-23-22(28)30-12-19-17-8-4-2-6-15(17)16-7-3-5-9-18(16)19/h2-9,14,19H,10-13H2,1H3,(H,23,28)(H,24,25)(H,26,27)/t14-/m0/s1. The Hall–Kier alpha value is -3.39. The molecule has 3 N–H and O–H groups in total. The van der Waals surface area contributed by atoms with Gasteiger partial charge < -0.3 is 25.2 Å². The van der Waals surface area contributed by atoms with Crippen LogP contribution >= 0.6 is 0 Å². The number of ether oxygens (including phenoxy) is 2. The summed E-state index contributed by atoms with van der Waals surface area (Å²) in [5.74, 6) is -1.68. The van der Waals surface area contributed by atoms with E-state index in [2.05, 4.69) is 22.8 Å². The monoisotopic (exact) mass is 412 g/mol. The third-order valence-corrected chi connectivity index (χ3v) is 4.84. The smallest absolute Gasteiger partial charge is 0.407 e. The third kappa shape index (κ3) is 5.15. The van der Waals surface area contributed by atoms with Crippen LogP contribution in [0.2, 0.25) is 0 Å². The average molecular weight is 412 g/mol. The van der Waals surface area contributed by atoms with Crippen molar-refractivity contribution in [1.29, 1.82) is 0 Å². The van der Waals surface area contributed by atoms with Gasteiger partial charge >= 0.3 is 12.1 Å². The summed E-state index contributed by atoms with van der Waals surface area (Å²) < 4.78 is 10.5. The van der Waals surface area contributed by atoms with Crippen molar-refractivity contribution in [3.8, 4) is 11.1 Å². The number of rotatable bonds is 9. The lowest BCUT2D eigenvalue weighted by Gasteiger charge is -2.14. The first-order valence-electron chi connectivity index (χ1n) is 9.66. The molecule has 2 aromatic carbocycles. The molecule has 0 aromatic heterocycles. The van der Waals surface area contributed by atoms with Gasteiger partial charge in [-0.2, -0.15) is 0 Å². The number of carbonyl (C=O) groups excluding carboxylic acids is 2. The van der Waals surface area contributed by atoms with E-state index in [-0.39, 0.29) is 32.3 Å². The van der Waals surface area contributed by atoms with E-state index in [9.17, 15) is 14.4 Å². The molecule has 30 heavy (non-hydrogen) atoms. The molecule has 1 aliphatic rings. The number of hydrogen-bond acceptors (Lipinski definition) is 5. The van der Waals surface area contributed by atoms with E-state index >= 15 is 0 Å². The highest BCUT2D eigenvalue weighted by Gasteiger charge is 2.28. The number of amides is 2. The molecule has 0 saturated carbocycles. The van der Waals surface area contributed by atoms with Crippen molar-refractivity contribution in [2.24, 2.45) is 0 Å². The summed E-state index contributed by atoms with van der Waals surface area (Å²) in [6, 6.07) is 15.2. The molecular formula is C22H24N2O6. The molecule has 0 saturated heterocycles. The Morgan fingerprint density at radius 1 is 1.03 bits per heavy atom. The van der Waals surface area contributed by atoms with Crippen molar-refractivity contribution in [2.75, 3.05) is 26.4 Å². The Morgan fingerprint density at radius 2 is 1.63 bits per heavy atom. The number of carboxylic acids is 1. The second-order valence-electron chi connectivity index (χ2n) is 6.93. The van der Waals surface area contributed by atoms with Crippen molar-refractivity contribution in [3.63, 3.8) is 0 Å². The van der Waals surface area contributed by atoms with Gasteiger partial charge in [-0.1, -0.05) is 48.5 Å². The summed E-state index contributed by atoms with van der Waals surface area (Å²) in [6.07, 6.45) is -0.565. The molecule has 8 heteroatoms. The Balaban J connectivity index is 1.40. The van der Waals surface area contributed by atoms with Gasteiger partial charge in [0, 0.05) is 12.5 Å². The number of nitrogens with one attached hydrogen (secondary N) is 2. The maximum Gasteiger partial charge on any atom is 0.407 e. The van der Waals surface area contributed by atoms with Gasteiger partial charge in [-0.05, 0) is 29.2 Å². The number of alkyl carbamates (subject to hydrolysis) is 1. The van der Waals surface area contributed by atoms with Gasteiger partial charge in [0.05, 0.1) is 6.61 Å².